The lowest BCUT2D eigenvalue weighted by Gasteiger charge is -2.25. The van der Waals surface area contributed by atoms with Crippen molar-refractivity contribution in [1.29, 1.82) is 0 Å². The minimum Gasteiger partial charge on any atom is -0.379 e. The quantitative estimate of drug-likeness (QED) is 0.788. The van der Waals surface area contributed by atoms with Crippen LogP contribution in [0.4, 0.5) is 0 Å². The van der Waals surface area contributed by atoms with E-state index in [1.807, 2.05) is 25.1 Å². The van der Waals surface area contributed by atoms with E-state index in [1.54, 1.807) is 11.3 Å². The van der Waals surface area contributed by atoms with Crippen LogP contribution in [0, 0.1) is 6.92 Å². The summed E-state index contributed by atoms with van der Waals surface area (Å²) in [5, 5.41) is 2.74. The number of nitrogens with zero attached hydrogens (tertiary/aromatic N) is 2. The molecule has 0 atom stereocenters. The van der Waals surface area contributed by atoms with E-state index in [4.69, 9.17) is 9.72 Å². The van der Waals surface area contributed by atoms with Crippen molar-refractivity contribution in [3.63, 3.8) is 0 Å². The molecule has 1 aromatic carbocycles. The first kappa shape index (κ1) is 13.9. The largest absolute Gasteiger partial charge is 0.379 e. The highest BCUT2D eigenvalue weighted by Gasteiger charge is 2.16. The van der Waals surface area contributed by atoms with Crippen LogP contribution < -0.4 is 5.56 Å². The van der Waals surface area contributed by atoms with Crippen LogP contribution in [0.2, 0.25) is 0 Å². The van der Waals surface area contributed by atoms with Gasteiger partial charge in [0.1, 0.15) is 15.4 Å². The summed E-state index contributed by atoms with van der Waals surface area (Å²) in [6, 6.07) is 5.81. The van der Waals surface area contributed by atoms with Crippen molar-refractivity contribution in [3.8, 4) is 0 Å². The van der Waals surface area contributed by atoms with Crippen LogP contribution in [0.1, 0.15) is 10.6 Å². The van der Waals surface area contributed by atoms with Gasteiger partial charge < -0.3 is 9.72 Å². The molecule has 0 amide bonds. The van der Waals surface area contributed by atoms with Crippen LogP contribution in [0.3, 0.4) is 0 Å². The number of hydrogen-bond acceptors (Lipinski definition) is 5. The van der Waals surface area contributed by atoms with E-state index in [-0.39, 0.29) is 5.56 Å². The van der Waals surface area contributed by atoms with Gasteiger partial charge in [0, 0.05) is 23.9 Å². The Bertz CT molecular complexity index is 893. The lowest BCUT2D eigenvalue weighted by molar-refractivity contribution is 0.0342. The molecule has 2 aromatic heterocycles. The first-order chi connectivity index (χ1) is 10.7. The van der Waals surface area contributed by atoms with Gasteiger partial charge in [-0.3, -0.25) is 9.69 Å². The summed E-state index contributed by atoms with van der Waals surface area (Å²) in [5.41, 5.74) is 1.98. The molecule has 1 aliphatic rings. The highest BCUT2D eigenvalue weighted by atomic mass is 32.1. The van der Waals surface area contributed by atoms with Gasteiger partial charge in [0.25, 0.3) is 5.56 Å². The van der Waals surface area contributed by atoms with E-state index < -0.39 is 0 Å². The predicted octanol–water partition coefficient (Wildman–Crippen LogP) is 2.28. The molecular formula is C16H17N3O2S. The number of hydrogen-bond donors (Lipinski definition) is 1. The molecular weight excluding hydrogens is 298 g/mol. The molecule has 0 saturated carbocycles. The Labute approximate surface area is 131 Å². The third kappa shape index (κ3) is 2.33. The Morgan fingerprint density at radius 3 is 3.00 bits per heavy atom. The minimum atomic E-state index is -0.0345. The summed E-state index contributed by atoms with van der Waals surface area (Å²) >= 11 is 1.58. The van der Waals surface area contributed by atoms with Crippen LogP contribution in [-0.2, 0) is 11.3 Å². The van der Waals surface area contributed by atoms with Crippen molar-refractivity contribution in [2.45, 2.75) is 13.5 Å². The number of H-pyrrole nitrogens is 1. The van der Waals surface area contributed by atoms with Gasteiger partial charge in [-0.05, 0) is 18.6 Å². The van der Waals surface area contributed by atoms with Gasteiger partial charge in [-0.25, -0.2) is 4.98 Å². The number of aromatic amines is 1. The third-order valence-corrected chi connectivity index (χ3v) is 5.07. The van der Waals surface area contributed by atoms with Gasteiger partial charge in [-0.15, -0.1) is 0 Å². The molecule has 1 N–H and O–H groups in total. The molecule has 4 rings (SSSR count). The zero-order valence-corrected chi connectivity index (χ0v) is 13.2. The number of benzene rings is 1. The number of thiazole rings is 1. The molecule has 3 heterocycles. The number of aromatic nitrogens is 2. The monoisotopic (exact) mass is 315 g/mol. The molecule has 6 heteroatoms. The molecule has 5 nitrogen and oxygen atoms in total. The van der Waals surface area contributed by atoms with E-state index in [0.717, 1.165) is 64.5 Å². The smallest absolute Gasteiger partial charge is 0.257 e. The van der Waals surface area contributed by atoms with Crippen LogP contribution in [0.25, 0.3) is 21.1 Å². The van der Waals surface area contributed by atoms with Gasteiger partial charge >= 0.3 is 0 Å². The molecule has 0 radical (unpaired) electrons. The second-order valence-electron chi connectivity index (χ2n) is 5.63. The van der Waals surface area contributed by atoms with Gasteiger partial charge in [0.2, 0.25) is 0 Å². The first-order valence-electron chi connectivity index (χ1n) is 7.43. The van der Waals surface area contributed by atoms with Gasteiger partial charge in [0.05, 0.1) is 19.8 Å². The number of aryl methyl sites for hydroxylation is 1. The van der Waals surface area contributed by atoms with Crippen molar-refractivity contribution in [2.75, 3.05) is 26.3 Å². The number of ether oxygens (including phenoxy) is 1. The fraction of sp³-hybridized carbons (Fsp3) is 0.375. The van der Waals surface area contributed by atoms with E-state index in [2.05, 4.69) is 9.88 Å². The lowest BCUT2D eigenvalue weighted by atomic mass is 10.1. The summed E-state index contributed by atoms with van der Waals surface area (Å²) in [5.74, 6) is 0. The van der Waals surface area contributed by atoms with Crippen molar-refractivity contribution in [3.05, 3.63) is 39.1 Å². The summed E-state index contributed by atoms with van der Waals surface area (Å²) < 4.78 is 5.38. The molecule has 3 aromatic rings. The Balaban J connectivity index is 1.83. The Hall–Kier alpha value is -1.76. The standard InChI is InChI=1S/C16H17N3O2S/c1-10-3-2-4-11-13(10)14-16(18-15(11)20)22-12(17-14)9-19-5-7-21-8-6-19/h2-4H,5-9H2,1H3,(H,18,20). The van der Waals surface area contributed by atoms with Gasteiger partial charge in [-0.1, -0.05) is 23.5 Å². The fourth-order valence-corrected chi connectivity index (χ4v) is 3.99. The number of pyridine rings is 1. The Kier molecular flexibility index (Phi) is 3.44. The maximum atomic E-state index is 12.2. The molecule has 0 aliphatic carbocycles. The highest BCUT2D eigenvalue weighted by Crippen LogP contribution is 2.28. The van der Waals surface area contributed by atoms with E-state index in [9.17, 15) is 4.79 Å². The number of fused-ring (bicyclic) bond motifs is 3. The van der Waals surface area contributed by atoms with E-state index >= 15 is 0 Å². The number of nitrogens with one attached hydrogen (secondary N) is 1. The summed E-state index contributed by atoms with van der Waals surface area (Å²) in [7, 11) is 0. The van der Waals surface area contributed by atoms with Crippen LogP contribution in [0.15, 0.2) is 23.0 Å². The highest BCUT2D eigenvalue weighted by molar-refractivity contribution is 7.18. The van der Waals surface area contributed by atoms with Crippen molar-refractivity contribution < 1.29 is 4.74 Å². The SMILES string of the molecule is Cc1cccc2c(=O)[nH]c3sc(CN4CCOCC4)nc3c12. The molecule has 0 spiro atoms. The molecule has 0 bridgehead atoms. The van der Waals surface area contributed by atoms with Gasteiger partial charge in [-0.2, -0.15) is 0 Å². The normalized spacial score (nSPS) is 16.6. The third-order valence-electron chi connectivity index (χ3n) is 4.12. The van der Waals surface area contributed by atoms with Gasteiger partial charge in [0.15, 0.2) is 0 Å². The fourth-order valence-electron chi connectivity index (χ4n) is 2.98. The van der Waals surface area contributed by atoms with Crippen LogP contribution >= 0.6 is 11.3 Å². The zero-order valence-electron chi connectivity index (χ0n) is 12.4. The van der Waals surface area contributed by atoms with Crippen LogP contribution in [-0.4, -0.2) is 41.2 Å². The van der Waals surface area contributed by atoms with Crippen LogP contribution in [0.5, 0.6) is 0 Å². The minimum absolute atomic E-state index is 0.0345. The van der Waals surface area contributed by atoms with E-state index in [0.29, 0.717) is 0 Å². The molecule has 114 valence electrons. The topological polar surface area (TPSA) is 58.2 Å². The Morgan fingerprint density at radius 2 is 2.18 bits per heavy atom. The zero-order chi connectivity index (χ0) is 15.1. The molecule has 0 unspecified atom stereocenters. The molecule has 1 aliphatic heterocycles. The molecule has 1 saturated heterocycles. The van der Waals surface area contributed by atoms with Crippen molar-refractivity contribution in [1.82, 2.24) is 14.9 Å². The summed E-state index contributed by atoms with van der Waals surface area (Å²) in [4.78, 5) is 23.2. The number of morpholine rings is 1. The maximum Gasteiger partial charge on any atom is 0.257 e. The summed E-state index contributed by atoms with van der Waals surface area (Å²) in [6.07, 6.45) is 0. The van der Waals surface area contributed by atoms with E-state index in [1.165, 1.54) is 0 Å². The summed E-state index contributed by atoms with van der Waals surface area (Å²) in [6.45, 7) is 6.28. The maximum absolute atomic E-state index is 12.2. The average molecular weight is 315 g/mol. The van der Waals surface area contributed by atoms with Crippen molar-refractivity contribution >= 4 is 32.5 Å². The second kappa shape index (κ2) is 5.46. The Morgan fingerprint density at radius 1 is 1.36 bits per heavy atom. The first-order valence-corrected chi connectivity index (χ1v) is 8.25. The predicted molar refractivity (Wildman–Crippen MR) is 88.6 cm³/mol. The lowest BCUT2D eigenvalue weighted by Crippen LogP contribution is -2.35. The molecule has 1 fully saturated rings. The molecule has 22 heavy (non-hydrogen) atoms. The average Bonchev–Trinajstić information content (AvgIpc) is 2.90. The van der Waals surface area contributed by atoms with Crippen molar-refractivity contribution in [2.24, 2.45) is 0 Å². The number of rotatable bonds is 2. The second-order valence-corrected chi connectivity index (χ2v) is 6.71.